The van der Waals surface area contributed by atoms with Crippen molar-refractivity contribution in [3.8, 4) is 6.07 Å². The van der Waals surface area contributed by atoms with Gasteiger partial charge in [-0.3, -0.25) is 0 Å². The van der Waals surface area contributed by atoms with Gasteiger partial charge < -0.3 is 5.32 Å². The van der Waals surface area contributed by atoms with Crippen molar-refractivity contribution in [2.45, 2.75) is 39.5 Å². The molecule has 1 unspecified atom stereocenters. The Bertz CT molecular complexity index is 183. The fourth-order valence-electron chi connectivity index (χ4n) is 1.93. The van der Waals surface area contributed by atoms with E-state index in [1.165, 1.54) is 25.7 Å². The second-order valence-corrected chi connectivity index (χ2v) is 4.37. The molecule has 0 spiro atoms. The van der Waals surface area contributed by atoms with Gasteiger partial charge in [-0.1, -0.05) is 13.3 Å². The molecule has 0 aromatic rings. The van der Waals surface area contributed by atoms with E-state index in [0.29, 0.717) is 5.41 Å². The molecule has 0 amide bonds. The van der Waals surface area contributed by atoms with Crippen LogP contribution in [0.2, 0.25) is 0 Å². The van der Waals surface area contributed by atoms with Gasteiger partial charge in [0, 0.05) is 13.1 Å². The van der Waals surface area contributed by atoms with Gasteiger partial charge in [0.15, 0.2) is 0 Å². The van der Waals surface area contributed by atoms with E-state index in [1.807, 2.05) is 6.92 Å². The van der Waals surface area contributed by atoms with Crippen LogP contribution in [0.15, 0.2) is 0 Å². The van der Waals surface area contributed by atoms with Gasteiger partial charge in [0.2, 0.25) is 0 Å². The summed E-state index contributed by atoms with van der Waals surface area (Å²) in [5.74, 6) is 0.147. The van der Waals surface area contributed by atoms with Crippen LogP contribution in [0.4, 0.5) is 0 Å². The molecule has 1 N–H and O–H groups in total. The minimum Gasteiger partial charge on any atom is -0.315 e. The van der Waals surface area contributed by atoms with Crippen molar-refractivity contribution in [2.75, 3.05) is 13.1 Å². The highest BCUT2D eigenvalue weighted by Crippen LogP contribution is 2.42. The molecular formula is C11H20N2. The molecule has 1 aliphatic carbocycles. The monoisotopic (exact) mass is 180 g/mol. The van der Waals surface area contributed by atoms with Crippen LogP contribution in [0.5, 0.6) is 0 Å². The van der Waals surface area contributed by atoms with Crippen LogP contribution in [0.1, 0.15) is 39.5 Å². The van der Waals surface area contributed by atoms with Crippen LogP contribution < -0.4 is 5.32 Å². The predicted molar refractivity (Wildman–Crippen MR) is 54.2 cm³/mol. The quantitative estimate of drug-likeness (QED) is 0.704. The first-order chi connectivity index (χ1) is 6.22. The molecule has 0 bridgehead atoms. The van der Waals surface area contributed by atoms with Crippen molar-refractivity contribution in [3.63, 3.8) is 0 Å². The van der Waals surface area contributed by atoms with Crippen LogP contribution in [0, 0.1) is 22.7 Å². The average molecular weight is 180 g/mol. The number of nitrogens with one attached hydrogen (secondary N) is 1. The van der Waals surface area contributed by atoms with E-state index in [9.17, 15) is 0 Å². The van der Waals surface area contributed by atoms with Crippen molar-refractivity contribution in [1.82, 2.24) is 5.32 Å². The van der Waals surface area contributed by atoms with E-state index >= 15 is 0 Å². The van der Waals surface area contributed by atoms with Crippen LogP contribution in [-0.2, 0) is 0 Å². The van der Waals surface area contributed by atoms with E-state index in [2.05, 4.69) is 18.3 Å². The summed E-state index contributed by atoms with van der Waals surface area (Å²) in [6.45, 7) is 6.19. The molecule has 1 aliphatic rings. The summed E-state index contributed by atoms with van der Waals surface area (Å²) in [5, 5.41) is 12.0. The molecule has 13 heavy (non-hydrogen) atoms. The Kier molecular flexibility index (Phi) is 3.74. The van der Waals surface area contributed by atoms with Crippen molar-refractivity contribution in [1.29, 1.82) is 5.26 Å². The summed E-state index contributed by atoms with van der Waals surface area (Å²) in [6.07, 6.45) is 5.42. The van der Waals surface area contributed by atoms with Gasteiger partial charge in [-0.25, -0.2) is 0 Å². The van der Waals surface area contributed by atoms with Gasteiger partial charge >= 0.3 is 0 Å². The molecule has 1 saturated carbocycles. The summed E-state index contributed by atoms with van der Waals surface area (Å²) in [5.41, 5.74) is 0.579. The smallest absolute Gasteiger partial charge is 0.0666 e. The van der Waals surface area contributed by atoms with Crippen molar-refractivity contribution < 1.29 is 0 Å². The Morgan fingerprint density at radius 3 is 2.62 bits per heavy atom. The zero-order valence-corrected chi connectivity index (χ0v) is 8.77. The average Bonchev–Trinajstić information content (AvgIpc) is 2.09. The maximum Gasteiger partial charge on any atom is 0.0666 e. The minimum absolute atomic E-state index is 0.147. The molecule has 74 valence electrons. The Hall–Kier alpha value is -0.550. The summed E-state index contributed by atoms with van der Waals surface area (Å²) in [4.78, 5) is 0. The Balaban J connectivity index is 2.15. The number of hydrogen-bond acceptors (Lipinski definition) is 2. The molecule has 0 radical (unpaired) electrons. The van der Waals surface area contributed by atoms with Gasteiger partial charge in [-0.2, -0.15) is 5.26 Å². The van der Waals surface area contributed by atoms with Crippen LogP contribution >= 0.6 is 0 Å². The lowest BCUT2D eigenvalue weighted by molar-refractivity contribution is 0.123. The lowest BCUT2D eigenvalue weighted by atomic mass is 9.67. The van der Waals surface area contributed by atoms with E-state index < -0.39 is 0 Å². The third kappa shape index (κ3) is 2.70. The van der Waals surface area contributed by atoms with Crippen LogP contribution in [0.3, 0.4) is 0 Å². The predicted octanol–water partition coefficient (Wildman–Crippen LogP) is 2.32. The number of nitrogens with zero attached hydrogens (tertiary/aromatic N) is 1. The molecule has 0 aromatic heterocycles. The lowest BCUT2D eigenvalue weighted by Gasteiger charge is -2.41. The fraction of sp³-hybridized carbons (Fsp3) is 0.909. The van der Waals surface area contributed by atoms with Crippen LogP contribution in [-0.4, -0.2) is 13.1 Å². The van der Waals surface area contributed by atoms with E-state index in [1.54, 1.807) is 0 Å². The topological polar surface area (TPSA) is 35.8 Å². The van der Waals surface area contributed by atoms with Crippen LogP contribution in [0.25, 0.3) is 0 Å². The first kappa shape index (κ1) is 10.5. The van der Waals surface area contributed by atoms with Gasteiger partial charge in [0.25, 0.3) is 0 Å². The summed E-state index contributed by atoms with van der Waals surface area (Å²) in [7, 11) is 0. The van der Waals surface area contributed by atoms with Gasteiger partial charge in [0.1, 0.15) is 0 Å². The van der Waals surface area contributed by atoms with Gasteiger partial charge in [0.05, 0.1) is 12.0 Å². The Labute approximate surface area is 81.3 Å². The first-order valence-electron chi connectivity index (χ1n) is 5.33. The number of hydrogen-bond donors (Lipinski definition) is 1. The number of nitriles is 1. The van der Waals surface area contributed by atoms with Gasteiger partial charge in [-0.05, 0) is 31.6 Å². The Morgan fingerprint density at radius 2 is 2.23 bits per heavy atom. The van der Waals surface area contributed by atoms with E-state index in [4.69, 9.17) is 5.26 Å². The highest BCUT2D eigenvalue weighted by Gasteiger charge is 2.34. The second kappa shape index (κ2) is 4.62. The largest absolute Gasteiger partial charge is 0.315 e. The fourth-order valence-corrected chi connectivity index (χ4v) is 1.93. The zero-order valence-electron chi connectivity index (χ0n) is 8.77. The molecule has 2 heteroatoms. The number of rotatable bonds is 5. The summed E-state index contributed by atoms with van der Waals surface area (Å²) in [6, 6.07) is 2.24. The van der Waals surface area contributed by atoms with Gasteiger partial charge in [-0.15, -0.1) is 0 Å². The summed E-state index contributed by atoms with van der Waals surface area (Å²) >= 11 is 0. The Morgan fingerprint density at radius 1 is 1.54 bits per heavy atom. The molecule has 1 fully saturated rings. The molecule has 1 rings (SSSR count). The van der Waals surface area contributed by atoms with Crippen molar-refractivity contribution in [2.24, 2.45) is 11.3 Å². The van der Waals surface area contributed by atoms with Crippen molar-refractivity contribution in [3.05, 3.63) is 0 Å². The molecule has 0 aliphatic heterocycles. The maximum absolute atomic E-state index is 8.60. The highest BCUT2D eigenvalue weighted by atomic mass is 14.9. The van der Waals surface area contributed by atoms with E-state index in [0.717, 1.165) is 13.1 Å². The maximum atomic E-state index is 8.60. The molecule has 1 atom stereocenters. The molecule has 0 heterocycles. The van der Waals surface area contributed by atoms with E-state index in [-0.39, 0.29) is 5.92 Å². The molecule has 0 saturated heterocycles. The zero-order chi connectivity index (χ0) is 9.73. The SMILES string of the molecule is CCC1(CNCC(C)C#N)CCC1. The highest BCUT2D eigenvalue weighted by molar-refractivity contribution is 4.89. The summed E-state index contributed by atoms with van der Waals surface area (Å²) < 4.78 is 0. The molecular weight excluding hydrogens is 160 g/mol. The molecule has 2 nitrogen and oxygen atoms in total. The second-order valence-electron chi connectivity index (χ2n) is 4.37. The third-order valence-corrected chi connectivity index (χ3v) is 3.34. The van der Waals surface area contributed by atoms with Crippen molar-refractivity contribution >= 4 is 0 Å². The lowest BCUT2D eigenvalue weighted by Crippen LogP contribution is -2.40. The third-order valence-electron chi connectivity index (χ3n) is 3.34. The normalized spacial score (nSPS) is 21.6. The minimum atomic E-state index is 0.147. The standard InChI is InChI=1S/C11H20N2/c1-3-11(5-4-6-11)9-13-8-10(2)7-12/h10,13H,3-6,8-9H2,1-2H3. The first-order valence-corrected chi connectivity index (χ1v) is 5.33. The molecule has 0 aromatic carbocycles.